The Labute approximate surface area is 87.3 Å². The first kappa shape index (κ1) is 9.76. The van der Waals surface area contributed by atoms with Crippen LogP contribution in [0.1, 0.15) is 42.4 Å². The molecule has 0 spiro atoms. The minimum Gasteiger partial charge on any atom is -0.0617 e. The zero-order valence-electron chi connectivity index (χ0n) is 8.89. The van der Waals surface area contributed by atoms with Crippen LogP contribution in [0.2, 0.25) is 0 Å². The monoisotopic (exact) mass is 187 g/mol. The van der Waals surface area contributed by atoms with E-state index in [0.29, 0.717) is 0 Å². The van der Waals surface area contributed by atoms with E-state index in [-0.39, 0.29) is 0 Å². The van der Waals surface area contributed by atoms with Crippen molar-refractivity contribution in [1.29, 1.82) is 0 Å². The molecule has 1 aliphatic rings. The standard InChI is InChI=1S/C14H19/c1-2-3-7-12-9-6-10-13-8-4-5-11-14(12)13/h6,9-10H,1-5,7-8,11H2. The van der Waals surface area contributed by atoms with Gasteiger partial charge in [-0.3, -0.25) is 0 Å². The van der Waals surface area contributed by atoms with Crippen molar-refractivity contribution in [3.8, 4) is 0 Å². The topological polar surface area (TPSA) is 0 Å². The average Bonchev–Trinajstić information content (AvgIpc) is 2.26. The van der Waals surface area contributed by atoms with Gasteiger partial charge in [0.05, 0.1) is 0 Å². The molecule has 0 unspecified atom stereocenters. The summed E-state index contributed by atoms with van der Waals surface area (Å²) in [5.74, 6) is 0. The van der Waals surface area contributed by atoms with Crippen LogP contribution >= 0.6 is 0 Å². The predicted octanol–water partition coefficient (Wildman–Crippen LogP) is 3.72. The molecule has 0 saturated carbocycles. The first-order valence-corrected chi connectivity index (χ1v) is 5.80. The fourth-order valence-electron chi connectivity index (χ4n) is 2.41. The molecule has 1 aliphatic carbocycles. The summed E-state index contributed by atoms with van der Waals surface area (Å²) in [5.41, 5.74) is 4.86. The molecule has 1 radical (unpaired) electrons. The van der Waals surface area contributed by atoms with Crippen LogP contribution in [0.4, 0.5) is 0 Å². The number of rotatable bonds is 3. The third-order valence-corrected chi connectivity index (χ3v) is 3.19. The Bertz CT molecular complexity index is 299. The van der Waals surface area contributed by atoms with E-state index in [1.54, 1.807) is 16.7 Å². The molecular weight excluding hydrogens is 168 g/mol. The molecule has 0 aliphatic heterocycles. The van der Waals surface area contributed by atoms with Crippen molar-refractivity contribution in [3.05, 3.63) is 41.8 Å². The Balaban J connectivity index is 2.21. The van der Waals surface area contributed by atoms with Gasteiger partial charge in [-0.05, 0) is 55.2 Å². The average molecular weight is 187 g/mol. The summed E-state index contributed by atoms with van der Waals surface area (Å²) in [4.78, 5) is 0. The van der Waals surface area contributed by atoms with Crippen LogP contribution in [0.5, 0.6) is 0 Å². The molecule has 0 bridgehead atoms. The molecule has 0 amide bonds. The van der Waals surface area contributed by atoms with E-state index >= 15 is 0 Å². The molecule has 0 saturated heterocycles. The SMILES string of the molecule is [CH2]CCCc1cccc2c1CCCC2. The smallest absolute Gasteiger partial charge is 0.0273 e. The van der Waals surface area contributed by atoms with Crippen molar-refractivity contribution in [2.24, 2.45) is 0 Å². The minimum absolute atomic E-state index is 1.06. The van der Waals surface area contributed by atoms with E-state index in [1.165, 1.54) is 38.5 Å². The summed E-state index contributed by atoms with van der Waals surface area (Å²) in [6.45, 7) is 3.91. The van der Waals surface area contributed by atoms with Gasteiger partial charge in [-0.25, -0.2) is 0 Å². The van der Waals surface area contributed by atoms with E-state index in [1.807, 2.05) is 0 Å². The summed E-state index contributed by atoms with van der Waals surface area (Å²) in [5, 5.41) is 0. The van der Waals surface area contributed by atoms with Crippen LogP contribution in [-0.4, -0.2) is 0 Å². The lowest BCUT2D eigenvalue weighted by molar-refractivity contribution is 0.674. The third kappa shape index (κ3) is 2.00. The second kappa shape index (κ2) is 4.63. The zero-order chi connectivity index (χ0) is 9.80. The number of hydrogen-bond acceptors (Lipinski definition) is 0. The highest BCUT2D eigenvalue weighted by Crippen LogP contribution is 2.25. The molecule has 14 heavy (non-hydrogen) atoms. The van der Waals surface area contributed by atoms with Gasteiger partial charge >= 0.3 is 0 Å². The number of aryl methyl sites for hydroxylation is 2. The quantitative estimate of drug-likeness (QED) is 0.676. The normalized spacial score (nSPS) is 15.2. The van der Waals surface area contributed by atoms with Gasteiger partial charge in [-0.1, -0.05) is 31.5 Å². The van der Waals surface area contributed by atoms with E-state index in [9.17, 15) is 0 Å². The van der Waals surface area contributed by atoms with E-state index in [2.05, 4.69) is 25.1 Å². The Morgan fingerprint density at radius 3 is 2.86 bits per heavy atom. The van der Waals surface area contributed by atoms with Crippen LogP contribution < -0.4 is 0 Å². The molecule has 2 rings (SSSR count). The van der Waals surface area contributed by atoms with Gasteiger partial charge < -0.3 is 0 Å². The Morgan fingerprint density at radius 2 is 2.00 bits per heavy atom. The summed E-state index contributed by atoms with van der Waals surface area (Å²) in [6, 6.07) is 6.84. The molecule has 0 nitrogen and oxygen atoms in total. The Kier molecular flexibility index (Phi) is 3.23. The van der Waals surface area contributed by atoms with Gasteiger partial charge in [-0.2, -0.15) is 0 Å². The molecule has 0 aromatic heterocycles. The van der Waals surface area contributed by atoms with Gasteiger partial charge in [0.15, 0.2) is 0 Å². The first-order chi connectivity index (χ1) is 6.92. The van der Waals surface area contributed by atoms with Crippen molar-refractivity contribution in [2.45, 2.75) is 44.9 Å². The molecule has 1 aromatic rings. The lowest BCUT2D eigenvalue weighted by Crippen LogP contribution is -2.06. The fourth-order valence-corrected chi connectivity index (χ4v) is 2.41. The van der Waals surface area contributed by atoms with Crippen LogP contribution in [0.15, 0.2) is 18.2 Å². The van der Waals surface area contributed by atoms with Crippen LogP contribution in [0.3, 0.4) is 0 Å². The molecule has 0 heteroatoms. The maximum absolute atomic E-state index is 3.91. The van der Waals surface area contributed by atoms with Crippen LogP contribution in [-0.2, 0) is 19.3 Å². The fraction of sp³-hybridized carbons (Fsp3) is 0.500. The van der Waals surface area contributed by atoms with Gasteiger partial charge in [-0.15, -0.1) is 0 Å². The van der Waals surface area contributed by atoms with Gasteiger partial charge in [0.25, 0.3) is 0 Å². The van der Waals surface area contributed by atoms with Gasteiger partial charge in [0, 0.05) is 0 Å². The van der Waals surface area contributed by atoms with E-state index in [0.717, 1.165) is 6.42 Å². The molecular formula is C14H19. The molecule has 1 aromatic carbocycles. The maximum atomic E-state index is 3.91. The number of fused-ring (bicyclic) bond motifs is 1. The number of benzene rings is 1. The van der Waals surface area contributed by atoms with E-state index < -0.39 is 0 Å². The predicted molar refractivity (Wildman–Crippen MR) is 61.4 cm³/mol. The van der Waals surface area contributed by atoms with Crippen LogP contribution in [0.25, 0.3) is 0 Å². The molecule has 0 atom stereocenters. The zero-order valence-corrected chi connectivity index (χ0v) is 8.89. The second-order valence-electron chi connectivity index (χ2n) is 4.22. The molecule has 0 fully saturated rings. The summed E-state index contributed by atoms with van der Waals surface area (Å²) < 4.78 is 0. The summed E-state index contributed by atoms with van der Waals surface area (Å²) in [6.07, 6.45) is 8.89. The number of unbranched alkanes of at least 4 members (excludes halogenated alkanes) is 1. The van der Waals surface area contributed by atoms with E-state index in [4.69, 9.17) is 0 Å². The second-order valence-corrected chi connectivity index (χ2v) is 4.22. The van der Waals surface area contributed by atoms with Gasteiger partial charge in [0.2, 0.25) is 0 Å². The minimum atomic E-state index is 1.06. The van der Waals surface area contributed by atoms with Crippen LogP contribution in [0, 0.1) is 6.92 Å². The Morgan fingerprint density at radius 1 is 1.14 bits per heavy atom. The summed E-state index contributed by atoms with van der Waals surface area (Å²) in [7, 11) is 0. The molecule has 0 N–H and O–H groups in total. The lowest BCUT2D eigenvalue weighted by atomic mass is 9.87. The summed E-state index contributed by atoms with van der Waals surface area (Å²) >= 11 is 0. The van der Waals surface area contributed by atoms with Crippen molar-refractivity contribution in [3.63, 3.8) is 0 Å². The lowest BCUT2D eigenvalue weighted by Gasteiger charge is -2.19. The van der Waals surface area contributed by atoms with Crippen molar-refractivity contribution in [1.82, 2.24) is 0 Å². The highest BCUT2D eigenvalue weighted by molar-refractivity contribution is 5.37. The largest absolute Gasteiger partial charge is 0.0617 e. The Hall–Kier alpha value is -0.780. The van der Waals surface area contributed by atoms with Crippen molar-refractivity contribution < 1.29 is 0 Å². The van der Waals surface area contributed by atoms with Crippen molar-refractivity contribution >= 4 is 0 Å². The number of hydrogen-bond donors (Lipinski definition) is 0. The first-order valence-electron chi connectivity index (χ1n) is 5.80. The highest BCUT2D eigenvalue weighted by Gasteiger charge is 2.11. The molecule has 75 valence electrons. The highest BCUT2D eigenvalue weighted by atomic mass is 14.2. The van der Waals surface area contributed by atoms with Gasteiger partial charge in [0.1, 0.15) is 0 Å². The maximum Gasteiger partial charge on any atom is -0.0273 e. The van der Waals surface area contributed by atoms with Crippen molar-refractivity contribution in [2.75, 3.05) is 0 Å². The third-order valence-electron chi connectivity index (χ3n) is 3.19. The molecule has 0 heterocycles.